The first kappa shape index (κ1) is 20.4. The highest BCUT2D eigenvalue weighted by Crippen LogP contribution is 2.35. The highest BCUT2D eigenvalue weighted by atomic mass is 32.1. The highest BCUT2D eigenvalue weighted by molar-refractivity contribution is 7.09. The number of nitrogens with one attached hydrogen (secondary N) is 1. The molecule has 1 atom stereocenters. The molecule has 7 nitrogen and oxygen atoms in total. The molecule has 0 aliphatic carbocycles. The van der Waals surface area contributed by atoms with Gasteiger partial charge in [0.25, 0.3) is 0 Å². The van der Waals surface area contributed by atoms with Crippen LogP contribution in [-0.2, 0) is 6.42 Å². The predicted octanol–water partition coefficient (Wildman–Crippen LogP) is 4.26. The molecule has 5 heterocycles. The van der Waals surface area contributed by atoms with E-state index in [4.69, 9.17) is 10.7 Å². The maximum Gasteiger partial charge on any atom is 0.150 e. The lowest BCUT2D eigenvalue weighted by Crippen LogP contribution is -2.42. The molecule has 4 aromatic heterocycles. The summed E-state index contributed by atoms with van der Waals surface area (Å²) in [6, 6.07) is 14.5. The lowest BCUT2D eigenvalue weighted by molar-refractivity contribution is -0.0102. The van der Waals surface area contributed by atoms with E-state index >= 15 is 0 Å². The average molecular weight is 459 g/mol. The summed E-state index contributed by atoms with van der Waals surface area (Å²) in [4.78, 5) is 16.3. The van der Waals surface area contributed by atoms with Crippen LogP contribution in [0.1, 0.15) is 29.5 Å². The van der Waals surface area contributed by atoms with Crippen LogP contribution in [0.25, 0.3) is 27.8 Å². The number of aromatic nitrogens is 4. The van der Waals surface area contributed by atoms with Gasteiger partial charge in [0.15, 0.2) is 0 Å². The molecular formula is C25H26N6OS. The maximum atomic E-state index is 10.7. The van der Waals surface area contributed by atoms with Gasteiger partial charge in [-0.1, -0.05) is 24.3 Å². The van der Waals surface area contributed by atoms with Crippen molar-refractivity contribution in [2.45, 2.75) is 31.4 Å². The number of hydrogen-bond acceptors (Lipinski definition) is 6. The largest absolute Gasteiger partial charge is 0.382 e. The summed E-state index contributed by atoms with van der Waals surface area (Å²) in [5.41, 5.74) is 10.0. The van der Waals surface area contributed by atoms with Gasteiger partial charge in [-0.05, 0) is 36.4 Å². The van der Waals surface area contributed by atoms with Crippen LogP contribution in [-0.4, -0.2) is 48.7 Å². The Labute approximate surface area is 195 Å². The minimum Gasteiger partial charge on any atom is -0.382 e. The Morgan fingerprint density at radius 2 is 2.03 bits per heavy atom. The summed E-state index contributed by atoms with van der Waals surface area (Å²) in [7, 11) is 0. The van der Waals surface area contributed by atoms with Gasteiger partial charge < -0.3 is 15.8 Å². The van der Waals surface area contributed by atoms with Crippen molar-refractivity contribution in [3.05, 3.63) is 70.9 Å². The average Bonchev–Trinajstić information content (AvgIpc) is 3.57. The fourth-order valence-electron chi connectivity index (χ4n) is 4.96. The molecule has 0 unspecified atom stereocenters. The summed E-state index contributed by atoms with van der Waals surface area (Å²) in [5.74, 6) is 1.79. The number of imidazole rings is 1. The number of nitrogens with two attached hydrogens (primary N) is 1. The Morgan fingerprint density at radius 3 is 2.82 bits per heavy atom. The summed E-state index contributed by atoms with van der Waals surface area (Å²) >= 11 is 1.70. The molecule has 1 saturated heterocycles. The number of para-hydroxylation sites is 1. The minimum absolute atomic E-state index is 0.294. The third-order valence-corrected chi connectivity index (χ3v) is 7.57. The Balaban J connectivity index is 1.29. The Morgan fingerprint density at radius 1 is 1.18 bits per heavy atom. The molecule has 4 N–H and O–H groups in total. The lowest BCUT2D eigenvalue weighted by Gasteiger charge is -2.34. The second-order valence-corrected chi connectivity index (χ2v) is 9.73. The first-order valence-electron chi connectivity index (χ1n) is 11.3. The van der Waals surface area contributed by atoms with Crippen LogP contribution in [0.15, 0.2) is 60.2 Å². The number of aliphatic hydroxyl groups is 1. The van der Waals surface area contributed by atoms with Gasteiger partial charge in [-0.2, -0.15) is 0 Å². The molecular weight excluding hydrogens is 432 g/mol. The summed E-state index contributed by atoms with van der Waals surface area (Å²) in [6.07, 6.45) is 5.81. The van der Waals surface area contributed by atoms with Crippen molar-refractivity contribution in [3.8, 4) is 11.4 Å². The number of piperidine rings is 1. The Kier molecular flexibility index (Phi) is 5.13. The third-order valence-electron chi connectivity index (χ3n) is 6.68. The topological polar surface area (TPSA) is 95.5 Å². The molecule has 1 fully saturated rings. The Bertz CT molecular complexity index is 1360. The number of thiophene rings is 1. The van der Waals surface area contributed by atoms with E-state index < -0.39 is 6.23 Å². The molecule has 5 aromatic rings. The molecule has 8 heteroatoms. The van der Waals surface area contributed by atoms with E-state index in [1.54, 1.807) is 17.5 Å². The van der Waals surface area contributed by atoms with E-state index in [1.807, 2.05) is 24.4 Å². The SMILES string of the molecule is Nc1nccn2c(C3CCN([C@H](O)Cc4cccs4)CC3)nc(-c3cc4ccccc4[nH]3)c12. The van der Waals surface area contributed by atoms with Crippen LogP contribution < -0.4 is 5.73 Å². The van der Waals surface area contributed by atoms with Crippen molar-refractivity contribution in [2.24, 2.45) is 0 Å². The zero-order valence-electron chi connectivity index (χ0n) is 18.2. The highest BCUT2D eigenvalue weighted by Gasteiger charge is 2.29. The van der Waals surface area contributed by atoms with Crippen LogP contribution in [0.4, 0.5) is 5.82 Å². The second kappa shape index (κ2) is 8.30. The molecule has 1 aliphatic heterocycles. The molecule has 1 aliphatic rings. The fraction of sp³-hybridized carbons (Fsp3) is 0.280. The van der Waals surface area contributed by atoms with Gasteiger partial charge in [0, 0.05) is 53.6 Å². The molecule has 1 aromatic carbocycles. The monoisotopic (exact) mass is 458 g/mol. The lowest BCUT2D eigenvalue weighted by atomic mass is 9.95. The van der Waals surface area contributed by atoms with Crippen molar-refractivity contribution in [1.82, 2.24) is 24.3 Å². The normalized spacial score (nSPS) is 16.6. The van der Waals surface area contributed by atoms with Crippen molar-refractivity contribution in [1.29, 1.82) is 0 Å². The zero-order chi connectivity index (χ0) is 22.4. The van der Waals surface area contributed by atoms with Crippen LogP contribution >= 0.6 is 11.3 Å². The predicted molar refractivity (Wildman–Crippen MR) is 132 cm³/mol. The molecule has 0 bridgehead atoms. The van der Waals surface area contributed by atoms with Gasteiger partial charge in [0.1, 0.15) is 29.1 Å². The first-order valence-corrected chi connectivity index (χ1v) is 12.2. The Hall–Kier alpha value is -3.20. The third kappa shape index (κ3) is 3.70. The van der Waals surface area contributed by atoms with E-state index in [1.165, 1.54) is 4.88 Å². The number of anilines is 1. The van der Waals surface area contributed by atoms with Gasteiger partial charge in [-0.15, -0.1) is 11.3 Å². The minimum atomic E-state index is -0.441. The van der Waals surface area contributed by atoms with Gasteiger partial charge >= 0.3 is 0 Å². The smallest absolute Gasteiger partial charge is 0.150 e. The van der Waals surface area contributed by atoms with Crippen molar-refractivity contribution >= 4 is 33.6 Å². The number of benzene rings is 1. The first-order chi connectivity index (χ1) is 16.2. The van der Waals surface area contributed by atoms with E-state index in [2.05, 4.69) is 48.9 Å². The van der Waals surface area contributed by atoms with Crippen LogP contribution in [0, 0.1) is 0 Å². The second-order valence-electron chi connectivity index (χ2n) is 8.69. The van der Waals surface area contributed by atoms with E-state index in [0.29, 0.717) is 18.2 Å². The molecule has 33 heavy (non-hydrogen) atoms. The van der Waals surface area contributed by atoms with Crippen molar-refractivity contribution in [3.63, 3.8) is 0 Å². The van der Waals surface area contributed by atoms with Crippen molar-refractivity contribution in [2.75, 3.05) is 18.8 Å². The molecule has 168 valence electrons. The standard InChI is InChI=1S/C25H26N6OS/c26-24-23-22(20-14-17-4-1-2-6-19(17)28-20)29-25(31(23)12-9-27-24)16-7-10-30(11-8-16)21(32)15-18-5-3-13-33-18/h1-6,9,12-14,16,21,28,32H,7-8,10-11,15H2,(H2,26,27)/t21-/m1/s1. The van der Waals surface area contributed by atoms with Gasteiger partial charge in [0.05, 0.1) is 5.69 Å². The number of rotatable bonds is 5. The number of aliphatic hydroxyl groups excluding tert-OH is 1. The van der Waals surface area contributed by atoms with Gasteiger partial charge in [0.2, 0.25) is 0 Å². The van der Waals surface area contributed by atoms with Crippen molar-refractivity contribution < 1.29 is 5.11 Å². The maximum absolute atomic E-state index is 10.7. The molecule has 0 spiro atoms. The molecule has 0 amide bonds. The summed E-state index contributed by atoms with van der Waals surface area (Å²) in [6.45, 7) is 1.68. The quantitative estimate of drug-likeness (QED) is 0.366. The van der Waals surface area contributed by atoms with Gasteiger partial charge in [-0.3, -0.25) is 9.30 Å². The summed E-state index contributed by atoms with van der Waals surface area (Å²) < 4.78 is 2.10. The number of nitrogen functional groups attached to an aromatic ring is 1. The number of likely N-dealkylation sites (tertiary alicyclic amines) is 1. The number of aromatic amines is 1. The number of nitrogens with zero attached hydrogens (tertiary/aromatic N) is 4. The zero-order valence-corrected chi connectivity index (χ0v) is 19.0. The summed E-state index contributed by atoms with van der Waals surface area (Å²) in [5, 5.41) is 13.9. The van der Waals surface area contributed by atoms with E-state index in [0.717, 1.165) is 59.6 Å². The van der Waals surface area contributed by atoms with E-state index in [-0.39, 0.29) is 0 Å². The molecule has 6 rings (SSSR count). The number of fused-ring (bicyclic) bond motifs is 2. The number of hydrogen-bond donors (Lipinski definition) is 3. The van der Waals surface area contributed by atoms with E-state index in [9.17, 15) is 5.11 Å². The van der Waals surface area contributed by atoms with Crippen LogP contribution in [0.5, 0.6) is 0 Å². The molecule has 0 radical (unpaired) electrons. The fourth-order valence-corrected chi connectivity index (χ4v) is 5.69. The van der Waals surface area contributed by atoms with Crippen LogP contribution in [0.2, 0.25) is 0 Å². The van der Waals surface area contributed by atoms with Gasteiger partial charge in [-0.25, -0.2) is 9.97 Å². The van der Waals surface area contributed by atoms with Crippen LogP contribution in [0.3, 0.4) is 0 Å². The number of H-pyrrole nitrogens is 1. The molecule has 0 saturated carbocycles.